The first-order valence-electron chi connectivity index (χ1n) is 3.82. The summed E-state index contributed by atoms with van der Waals surface area (Å²) >= 11 is 0. The van der Waals surface area contributed by atoms with E-state index < -0.39 is 0 Å². The summed E-state index contributed by atoms with van der Waals surface area (Å²) in [4.78, 5) is 0. The molecule has 0 heteroatoms. The monoisotopic (exact) mass is 134 g/mol. The van der Waals surface area contributed by atoms with Gasteiger partial charge in [0, 0.05) is 5.92 Å². The molecular weight excluding hydrogens is 120 g/mol. The van der Waals surface area contributed by atoms with Gasteiger partial charge in [-0.1, -0.05) is 43.4 Å². The predicted molar refractivity (Wildman–Crippen MR) is 45.7 cm³/mol. The molecule has 0 aromatic rings. The predicted octanol–water partition coefficient (Wildman–Crippen LogP) is 2.94. The van der Waals surface area contributed by atoms with E-state index in [1.807, 2.05) is 0 Å². The van der Waals surface area contributed by atoms with E-state index in [4.69, 9.17) is 0 Å². The van der Waals surface area contributed by atoms with E-state index in [9.17, 15) is 0 Å². The van der Waals surface area contributed by atoms with Crippen molar-refractivity contribution < 1.29 is 0 Å². The van der Waals surface area contributed by atoms with Gasteiger partial charge in [0.15, 0.2) is 0 Å². The van der Waals surface area contributed by atoms with Crippen LogP contribution in [-0.4, -0.2) is 0 Å². The van der Waals surface area contributed by atoms with Crippen molar-refractivity contribution in [3.8, 4) is 0 Å². The van der Waals surface area contributed by atoms with E-state index in [1.54, 1.807) is 0 Å². The van der Waals surface area contributed by atoms with Crippen molar-refractivity contribution in [1.82, 2.24) is 0 Å². The van der Waals surface area contributed by atoms with Gasteiger partial charge in [-0.2, -0.15) is 0 Å². The smallest absolute Gasteiger partial charge is 0.000984 e. The number of hydrogen-bond donors (Lipinski definition) is 0. The third-order valence-corrected chi connectivity index (χ3v) is 1.88. The Kier molecular flexibility index (Phi) is 2.49. The van der Waals surface area contributed by atoms with Gasteiger partial charge in [-0.15, -0.1) is 0 Å². The van der Waals surface area contributed by atoms with Gasteiger partial charge in [0.25, 0.3) is 0 Å². The van der Waals surface area contributed by atoms with E-state index >= 15 is 0 Å². The quantitative estimate of drug-likeness (QED) is 0.484. The van der Waals surface area contributed by atoms with E-state index in [-0.39, 0.29) is 0 Å². The number of allylic oxidation sites excluding steroid dienone is 6. The molecule has 1 rings (SSSR count). The number of rotatable bonds is 1. The Morgan fingerprint density at radius 3 is 2.50 bits per heavy atom. The summed E-state index contributed by atoms with van der Waals surface area (Å²) in [5, 5.41) is 0. The number of hydrogen-bond acceptors (Lipinski definition) is 0. The molecule has 0 amide bonds. The minimum atomic E-state index is 0.620. The van der Waals surface area contributed by atoms with Crippen molar-refractivity contribution in [2.75, 3.05) is 0 Å². The summed E-state index contributed by atoms with van der Waals surface area (Å²) in [5.41, 5.74) is 0. The summed E-state index contributed by atoms with van der Waals surface area (Å²) in [6, 6.07) is 0. The van der Waals surface area contributed by atoms with Gasteiger partial charge >= 0.3 is 0 Å². The molecule has 0 bridgehead atoms. The van der Waals surface area contributed by atoms with Gasteiger partial charge in [0.1, 0.15) is 0 Å². The Labute approximate surface area is 62.9 Å². The molecule has 0 fully saturated rings. The van der Waals surface area contributed by atoms with Crippen molar-refractivity contribution in [2.24, 2.45) is 11.8 Å². The highest BCUT2D eigenvalue weighted by molar-refractivity contribution is 5.17. The molecular formula is C10H14. The summed E-state index contributed by atoms with van der Waals surface area (Å²) in [7, 11) is 0. The van der Waals surface area contributed by atoms with Crippen LogP contribution in [0.4, 0.5) is 0 Å². The Balaban J connectivity index is 2.61. The first kappa shape index (κ1) is 7.33. The van der Waals surface area contributed by atoms with Crippen LogP contribution in [0.5, 0.6) is 0 Å². The van der Waals surface area contributed by atoms with Gasteiger partial charge in [-0.25, -0.2) is 0 Å². The second-order valence-electron chi connectivity index (χ2n) is 2.73. The molecule has 0 heterocycles. The molecule has 0 aliphatic heterocycles. The molecule has 0 nitrogen and oxygen atoms in total. The second-order valence-corrected chi connectivity index (χ2v) is 2.73. The van der Waals surface area contributed by atoms with E-state index in [0.29, 0.717) is 11.8 Å². The van der Waals surface area contributed by atoms with Gasteiger partial charge < -0.3 is 0 Å². The average molecular weight is 134 g/mol. The van der Waals surface area contributed by atoms with Crippen molar-refractivity contribution >= 4 is 0 Å². The Morgan fingerprint density at radius 1 is 1.20 bits per heavy atom. The largest absolute Gasteiger partial charge is 0.0910 e. The van der Waals surface area contributed by atoms with Gasteiger partial charge in [0.05, 0.1) is 0 Å². The standard InChI is InChI=1S/C10H14/c1-3-6-10-8-5-4-7-9(10)2/h3-10H,1-2H3/b6-3-. The summed E-state index contributed by atoms with van der Waals surface area (Å²) in [6.45, 7) is 4.31. The molecule has 1 aliphatic carbocycles. The zero-order valence-electron chi connectivity index (χ0n) is 6.62. The third-order valence-electron chi connectivity index (χ3n) is 1.88. The topological polar surface area (TPSA) is 0 Å². The normalized spacial score (nSPS) is 31.8. The molecule has 10 heavy (non-hydrogen) atoms. The van der Waals surface area contributed by atoms with Crippen LogP contribution in [0.25, 0.3) is 0 Å². The van der Waals surface area contributed by atoms with Crippen LogP contribution in [0.2, 0.25) is 0 Å². The average Bonchev–Trinajstić information content (AvgIpc) is 1.94. The van der Waals surface area contributed by atoms with Crippen molar-refractivity contribution in [2.45, 2.75) is 13.8 Å². The molecule has 0 saturated heterocycles. The Bertz CT molecular complexity index is 172. The molecule has 0 aromatic carbocycles. The summed E-state index contributed by atoms with van der Waals surface area (Å²) in [5.74, 6) is 1.29. The highest BCUT2D eigenvalue weighted by Crippen LogP contribution is 2.19. The van der Waals surface area contributed by atoms with Crippen molar-refractivity contribution in [3.63, 3.8) is 0 Å². The fourth-order valence-electron chi connectivity index (χ4n) is 1.20. The molecule has 0 radical (unpaired) electrons. The molecule has 0 aromatic heterocycles. The van der Waals surface area contributed by atoms with Gasteiger partial charge in [-0.05, 0) is 12.8 Å². The first-order valence-corrected chi connectivity index (χ1v) is 3.82. The van der Waals surface area contributed by atoms with Crippen LogP contribution in [0, 0.1) is 11.8 Å². The summed E-state index contributed by atoms with van der Waals surface area (Å²) < 4.78 is 0. The molecule has 0 spiro atoms. The third kappa shape index (κ3) is 1.60. The van der Waals surface area contributed by atoms with E-state index in [1.165, 1.54) is 0 Å². The van der Waals surface area contributed by atoms with Crippen LogP contribution in [0.1, 0.15) is 13.8 Å². The van der Waals surface area contributed by atoms with Crippen LogP contribution in [-0.2, 0) is 0 Å². The fourth-order valence-corrected chi connectivity index (χ4v) is 1.20. The molecule has 0 N–H and O–H groups in total. The molecule has 1 aliphatic rings. The Hall–Kier alpha value is -0.780. The van der Waals surface area contributed by atoms with Gasteiger partial charge in [0.2, 0.25) is 0 Å². The van der Waals surface area contributed by atoms with E-state index in [2.05, 4.69) is 50.3 Å². The minimum Gasteiger partial charge on any atom is -0.0910 e. The van der Waals surface area contributed by atoms with Crippen LogP contribution in [0.15, 0.2) is 36.5 Å². The fraction of sp³-hybridized carbons (Fsp3) is 0.400. The highest BCUT2D eigenvalue weighted by Gasteiger charge is 2.08. The zero-order valence-corrected chi connectivity index (χ0v) is 6.62. The molecule has 54 valence electrons. The molecule has 0 saturated carbocycles. The van der Waals surface area contributed by atoms with Crippen LogP contribution >= 0.6 is 0 Å². The minimum absolute atomic E-state index is 0.620. The van der Waals surface area contributed by atoms with Crippen LogP contribution in [0.3, 0.4) is 0 Å². The van der Waals surface area contributed by atoms with Crippen molar-refractivity contribution in [1.29, 1.82) is 0 Å². The first-order chi connectivity index (χ1) is 4.84. The van der Waals surface area contributed by atoms with Crippen LogP contribution < -0.4 is 0 Å². The lowest BCUT2D eigenvalue weighted by atomic mass is 9.90. The maximum absolute atomic E-state index is 2.24. The second kappa shape index (κ2) is 3.40. The lowest BCUT2D eigenvalue weighted by molar-refractivity contribution is 0.605. The molecule has 2 unspecified atom stereocenters. The summed E-state index contributed by atoms with van der Waals surface area (Å²) in [6.07, 6.45) is 13.1. The van der Waals surface area contributed by atoms with Crippen molar-refractivity contribution in [3.05, 3.63) is 36.5 Å². The SMILES string of the molecule is C/C=C\C1C=CC=CC1C. The Morgan fingerprint density at radius 2 is 1.90 bits per heavy atom. The highest BCUT2D eigenvalue weighted by atomic mass is 14.1. The molecule has 2 atom stereocenters. The van der Waals surface area contributed by atoms with E-state index in [0.717, 1.165) is 0 Å². The maximum Gasteiger partial charge on any atom is 0.000984 e. The maximum atomic E-state index is 2.24. The lowest BCUT2D eigenvalue weighted by Gasteiger charge is -2.15. The lowest BCUT2D eigenvalue weighted by Crippen LogP contribution is -2.05. The zero-order chi connectivity index (χ0) is 7.40. The van der Waals surface area contributed by atoms with Gasteiger partial charge in [-0.3, -0.25) is 0 Å².